The molecule has 1 saturated carbocycles. The van der Waals surface area contributed by atoms with Crippen molar-refractivity contribution in [3.63, 3.8) is 0 Å². The highest BCUT2D eigenvalue weighted by Crippen LogP contribution is 2.28. The first kappa shape index (κ1) is 11.2. The van der Waals surface area contributed by atoms with Crippen molar-refractivity contribution in [3.05, 3.63) is 18.3 Å². The van der Waals surface area contributed by atoms with Crippen LogP contribution in [0, 0.1) is 5.92 Å². The molecule has 2 atom stereocenters. The van der Waals surface area contributed by atoms with E-state index in [0.717, 1.165) is 11.6 Å². The minimum atomic E-state index is 0.584. The van der Waals surface area contributed by atoms with Crippen LogP contribution in [-0.2, 0) is 0 Å². The van der Waals surface area contributed by atoms with E-state index in [-0.39, 0.29) is 0 Å². The van der Waals surface area contributed by atoms with Gasteiger partial charge in [0.05, 0.1) is 11.9 Å². The summed E-state index contributed by atoms with van der Waals surface area (Å²) in [7, 11) is 0. The lowest BCUT2D eigenvalue weighted by molar-refractivity contribution is 0.327. The summed E-state index contributed by atoms with van der Waals surface area (Å²) in [5.41, 5.74) is 6.66. The number of nitrogen functional groups attached to an aromatic ring is 1. The molecule has 3 N–H and O–H groups in total. The van der Waals surface area contributed by atoms with Crippen LogP contribution in [0.4, 0.5) is 11.5 Å². The van der Waals surface area contributed by atoms with Gasteiger partial charge in [0.15, 0.2) is 0 Å². The third-order valence-corrected chi connectivity index (χ3v) is 3.52. The lowest BCUT2D eigenvalue weighted by atomic mass is 9.84. The van der Waals surface area contributed by atoms with Crippen molar-refractivity contribution in [2.75, 3.05) is 11.1 Å². The van der Waals surface area contributed by atoms with Crippen molar-refractivity contribution in [3.8, 4) is 0 Å². The second-order valence-electron chi connectivity index (χ2n) is 4.75. The highest BCUT2D eigenvalue weighted by Gasteiger charge is 2.20. The van der Waals surface area contributed by atoms with Crippen LogP contribution in [0.2, 0.25) is 0 Å². The Hall–Kier alpha value is -1.25. The van der Waals surface area contributed by atoms with Crippen LogP contribution >= 0.6 is 0 Å². The fraction of sp³-hybridized carbons (Fsp3) is 0.615. The Kier molecular flexibility index (Phi) is 3.65. The average Bonchev–Trinajstić information content (AvgIpc) is 2.32. The third kappa shape index (κ3) is 2.87. The van der Waals surface area contributed by atoms with Gasteiger partial charge in [-0.25, -0.2) is 4.98 Å². The monoisotopic (exact) mass is 219 g/mol. The van der Waals surface area contributed by atoms with E-state index < -0.39 is 0 Å². The summed E-state index contributed by atoms with van der Waals surface area (Å²) in [5, 5.41) is 3.55. The Bertz CT molecular complexity index is 320. The van der Waals surface area contributed by atoms with E-state index in [0.29, 0.717) is 11.9 Å². The summed E-state index contributed by atoms with van der Waals surface area (Å²) in [4.78, 5) is 4.10. The Morgan fingerprint density at radius 2 is 2.31 bits per heavy atom. The number of pyridine rings is 1. The summed E-state index contributed by atoms with van der Waals surface area (Å²) in [5.74, 6) is 1.48. The molecule has 0 saturated heterocycles. The Morgan fingerprint density at radius 3 is 3.00 bits per heavy atom. The van der Waals surface area contributed by atoms with Gasteiger partial charge >= 0.3 is 0 Å². The van der Waals surface area contributed by atoms with Gasteiger partial charge in [0, 0.05) is 6.04 Å². The molecule has 3 nitrogen and oxygen atoms in total. The van der Waals surface area contributed by atoms with Gasteiger partial charge in [-0.3, -0.25) is 0 Å². The average molecular weight is 219 g/mol. The van der Waals surface area contributed by atoms with E-state index in [1.165, 1.54) is 32.1 Å². The predicted molar refractivity (Wildman–Crippen MR) is 68.3 cm³/mol. The molecule has 88 valence electrons. The lowest BCUT2D eigenvalue weighted by Crippen LogP contribution is -2.27. The fourth-order valence-electron chi connectivity index (χ4n) is 2.52. The number of nitrogens with one attached hydrogen (secondary N) is 1. The SMILES string of the molecule is CCC1CCCC(Nc2ccc(N)nc2)C1. The molecule has 0 bridgehead atoms. The van der Waals surface area contributed by atoms with Crippen LogP contribution in [0.15, 0.2) is 18.3 Å². The second-order valence-corrected chi connectivity index (χ2v) is 4.75. The summed E-state index contributed by atoms with van der Waals surface area (Å²) in [6, 6.07) is 4.48. The molecule has 16 heavy (non-hydrogen) atoms. The van der Waals surface area contributed by atoms with Crippen LogP contribution in [-0.4, -0.2) is 11.0 Å². The van der Waals surface area contributed by atoms with E-state index in [4.69, 9.17) is 5.73 Å². The van der Waals surface area contributed by atoms with E-state index in [1.54, 1.807) is 0 Å². The topological polar surface area (TPSA) is 50.9 Å². The summed E-state index contributed by atoms with van der Waals surface area (Å²) < 4.78 is 0. The Labute approximate surface area is 97.5 Å². The van der Waals surface area contributed by atoms with Crippen molar-refractivity contribution >= 4 is 11.5 Å². The Balaban J connectivity index is 1.91. The van der Waals surface area contributed by atoms with Gasteiger partial charge in [-0.05, 0) is 30.9 Å². The third-order valence-electron chi connectivity index (χ3n) is 3.52. The maximum Gasteiger partial charge on any atom is 0.123 e. The summed E-state index contributed by atoms with van der Waals surface area (Å²) >= 11 is 0. The maximum absolute atomic E-state index is 5.56. The molecular formula is C13H21N3. The number of hydrogen-bond acceptors (Lipinski definition) is 3. The summed E-state index contributed by atoms with van der Waals surface area (Å²) in [6.45, 7) is 2.29. The zero-order chi connectivity index (χ0) is 11.4. The van der Waals surface area contributed by atoms with Gasteiger partial charge in [-0.1, -0.05) is 26.2 Å². The smallest absolute Gasteiger partial charge is 0.123 e. The van der Waals surface area contributed by atoms with Crippen LogP contribution in [0.3, 0.4) is 0 Å². The zero-order valence-corrected chi connectivity index (χ0v) is 9.95. The molecule has 0 aromatic carbocycles. The van der Waals surface area contributed by atoms with Crippen LogP contribution in [0.5, 0.6) is 0 Å². The first-order valence-corrected chi connectivity index (χ1v) is 6.26. The largest absolute Gasteiger partial charge is 0.384 e. The van der Waals surface area contributed by atoms with Crippen molar-refractivity contribution < 1.29 is 0 Å². The molecule has 1 aliphatic carbocycles. The van der Waals surface area contributed by atoms with Crippen LogP contribution < -0.4 is 11.1 Å². The molecule has 2 unspecified atom stereocenters. The fourth-order valence-corrected chi connectivity index (χ4v) is 2.52. The highest BCUT2D eigenvalue weighted by atomic mass is 14.9. The molecule has 1 aromatic rings. The van der Waals surface area contributed by atoms with Crippen molar-refractivity contribution in [2.24, 2.45) is 5.92 Å². The van der Waals surface area contributed by atoms with Gasteiger partial charge in [-0.2, -0.15) is 0 Å². The molecule has 0 aliphatic heterocycles. The van der Waals surface area contributed by atoms with Gasteiger partial charge in [0.25, 0.3) is 0 Å². The molecule has 1 fully saturated rings. The molecule has 1 aliphatic rings. The van der Waals surface area contributed by atoms with E-state index in [2.05, 4.69) is 17.2 Å². The molecule has 1 heterocycles. The van der Waals surface area contributed by atoms with Gasteiger partial charge in [0.1, 0.15) is 5.82 Å². The van der Waals surface area contributed by atoms with Gasteiger partial charge in [-0.15, -0.1) is 0 Å². The number of hydrogen-bond donors (Lipinski definition) is 2. The minimum Gasteiger partial charge on any atom is -0.384 e. The normalized spacial score (nSPS) is 25.3. The molecule has 0 amide bonds. The summed E-state index contributed by atoms with van der Waals surface area (Å²) in [6.07, 6.45) is 8.44. The first-order chi connectivity index (χ1) is 7.78. The molecule has 3 heteroatoms. The molecule has 1 aromatic heterocycles. The molecule has 0 spiro atoms. The second kappa shape index (κ2) is 5.19. The quantitative estimate of drug-likeness (QED) is 0.821. The zero-order valence-electron chi connectivity index (χ0n) is 9.95. The van der Waals surface area contributed by atoms with Crippen molar-refractivity contribution in [1.29, 1.82) is 0 Å². The first-order valence-electron chi connectivity index (χ1n) is 6.26. The predicted octanol–water partition coefficient (Wildman–Crippen LogP) is 3.04. The number of rotatable bonds is 3. The number of anilines is 2. The van der Waals surface area contributed by atoms with Crippen LogP contribution in [0.25, 0.3) is 0 Å². The van der Waals surface area contributed by atoms with Gasteiger partial charge in [0.2, 0.25) is 0 Å². The van der Waals surface area contributed by atoms with Crippen molar-refractivity contribution in [2.45, 2.75) is 45.1 Å². The van der Waals surface area contributed by atoms with E-state index in [1.807, 2.05) is 18.3 Å². The van der Waals surface area contributed by atoms with Crippen LogP contribution in [0.1, 0.15) is 39.0 Å². The maximum atomic E-state index is 5.56. The van der Waals surface area contributed by atoms with Crippen molar-refractivity contribution in [1.82, 2.24) is 4.98 Å². The molecular weight excluding hydrogens is 198 g/mol. The Morgan fingerprint density at radius 1 is 1.44 bits per heavy atom. The minimum absolute atomic E-state index is 0.584. The number of nitrogens with zero attached hydrogens (tertiary/aromatic N) is 1. The van der Waals surface area contributed by atoms with E-state index in [9.17, 15) is 0 Å². The van der Waals surface area contributed by atoms with E-state index >= 15 is 0 Å². The highest BCUT2D eigenvalue weighted by molar-refractivity contribution is 5.46. The number of nitrogens with two attached hydrogens (primary N) is 1. The molecule has 2 rings (SSSR count). The molecule has 0 radical (unpaired) electrons. The number of aromatic nitrogens is 1. The standard InChI is InChI=1S/C13H21N3/c1-2-10-4-3-5-11(8-10)16-12-6-7-13(14)15-9-12/h6-7,9-11,16H,2-5,8H2,1H3,(H2,14,15). The lowest BCUT2D eigenvalue weighted by Gasteiger charge is -2.29. The van der Waals surface area contributed by atoms with Gasteiger partial charge < -0.3 is 11.1 Å².